The SMILES string of the molecule is COc1ccc(CCN=C(N)NCCOc2ccc(C)cc2)cc1OC. The minimum absolute atomic E-state index is 0.415. The zero-order valence-corrected chi connectivity index (χ0v) is 15.6. The van der Waals surface area contributed by atoms with Crippen molar-refractivity contribution in [2.24, 2.45) is 10.7 Å². The Balaban J connectivity index is 1.70. The monoisotopic (exact) mass is 357 g/mol. The Labute approximate surface area is 155 Å². The van der Waals surface area contributed by atoms with Crippen molar-refractivity contribution in [3.05, 3.63) is 53.6 Å². The molecule has 2 rings (SSSR count). The van der Waals surface area contributed by atoms with Crippen LogP contribution in [0.15, 0.2) is 47.5 Å². The molecule has 0 aliphatic carbocycles. The van der Waals surface area contributed by atoms with Gasteiger partial charge in [0.15, 0.2) is 17.5 Å². The highest BCUT2D eigenvalue weighted by Crippen LogP contribution is 2.27. The molecule has 6 heteroatoms. The quantitative estimate of drug-likeness (QED) is 0.410. The van der Waals surface area contributed by atoms with E-state index in [9.17, 15) is 0 Å². The van der Waals surface area contributed by atoms with E-state index < -0.39 is 0 Å². The molecule has 0 heterocycles. The predicted octanol–water partition coefficient (Wildman–Crippen LogP) is 2.54. The van der Waals surface area contributed by atoms with Crippen LogP contribution in [0.1, 0.15) is 11.1 Å². The number of nitrogens with zero attached hydrogens (tertiary/aromatic N) is 1. The Morgan fingerprint density at radius 3 is 2.46 bits per heavy atom. The highest BCUT2D eigenvalue weighted by atomic mass is 16.5. The van der Waals surface area contributed by atoms with Crippen molar-refractivity contribution >= 4 is 5.96 Å². The number of benzene rings is 2. The number of methoxy groups -OCH3 is 2. The molecule has 0 aliphatic rings. The van der Waals surface area contributed by atoms with E-state index in [0.717, 1.165) is 23.5 Å². The second kappa shape index (κ2) is 10.2. The summed E-state index contributed by atoms with van der Waals surface area (Å²) in [6, 6.07) is 13.8. The van der Waals surface area contributed by atoms with Crippen LogP contribution in [0.3, 0.4) is 0 Å². The summed E-state index contributed by atoms with van der Waals surface area (Å²) in [7, 11) is 3.25. The number of hydrogen-bond acceptors (Lipinski definition) is 4. The van der Waals surface area contributed by atoms with E-state index in [4.69, 9.17) is 19.9 Å². The molecule has 0 saturated carbocycles. The van der Waals surface area contributed by atoms with Crippen molar-refractivity contribution in [3.63, 3.8) is 0 Å². The Hall–Kier alpha value is -2.89. The number of ether oxygens (including phenoxy) is 3. The maximum Gasteiger partial charge on any atom is 0.188 e. The van der Waals surface area contributed by atoms with Crippen molar-refractivity contribution in [1.82, 2.24) is 5.32 Å². The Bertz CT molecular complexity index is 715. The number of aliphatic imine (C=N–C) groups is 1. The zero-order chi connectivity index (χ0) is 18.8. The number of aryl methyl sites for hydroxylation is 1. The summed E-state index contributed by atoms with van der Waals surface area (Å²) in [5.41, 5.74) is 8.20. The molecule has 2 aromatic rings. The van der Waals surface area contributed by atoms with Gasteiger partial charge in [0.25, 0.3) is 0 Å². The van der Waals surface area contributed by atoms with Crippen molar-refractivity contribution in [2.75, 3.05) is 33.9 Å². The van der Waals surface area contributed by atoms with Gasteiger partial charge >= 0.3 is 0 Å². The summed E-state index contributed by atoms with van der Waals surface area (Å²) >= 11 is 0. The van der Waals surface area contributed by atoms with E-state index in [1.807, 2.05) is 49.4 Å². The first-order chi connectivity index (χ1) is 12.6. The van der Waals surface area contributed by atoms with E-state index >= 15 is 0 Å². The molecule has 0 bridgehead atoms. The highest BCUT2D eigenvalue weighted by molar-refractivity contribution is 5.77. The van der Waals surface area contributed by atoms with Gasteiger partial charge in [0.05, 0.1) is 20.8 Å². The summed E-state index contributed by atoms with van der Waals surface area (Å²) in [6.07, 6.45) is 0.766. The van der Waals surface area contributed by atoms with Crippen LogP contribution in [-0.2, 0) is 6.42 Å². The molecule has 3 N–H and O–H groups in total. The van der Waals surface area contributed by atoms with E-state index in [-0.39, 0.29) is 0 Å². The predicted molar refractivity (Wildman–Crippen MR) is 104 cm³/mol. The van der Waals surface area contributed by atoms with Crippen molar-refractivity contribution < 1.29 is 14.2 Å². The second-order valence-corrected chi connectivity index (χ2v) is 5.79. The van der Waals surface area contributed by atoms with Gasteiger partial charge in [-0.2, -0.15) is 0 Å². The largest absolute Gasteiger partial charge is 0.493 e. The number of guanidine groups is 1. The third-order valence-corrected chi connectivity index (χ3v) is 3.83. The Morgan fingerprint density at radius 2 is 1.77 bits per heavy atom. The van der Waals surface area contributed by atoms with Crippen molar-refractivity contribution in [3.8, 4) is 17.2 Å². The van der Waals surface area contributed by atoms with Crippen LogP contribution in [0.25, 0.3) is 0 Å². The number of nitrogens with one attached hydrogen (secondary N) is 1. The molecule has 0 saturated heterocycles. The van der Waals surface area contributed by atoms with Crippen molar-refractivity contribution in [2.45, 2.75) is 13.3 Å². The molecule has 2 aromatic carbocycles. The summed E-state index contributed by atoms with van der Waals surface area (Å²) in [5.74, 6) is 2.70. The standard InChI is InChI=1S/C20H27N3O3/c1-15-4-7-17(8-5-15)26-13-12-23-20(21)22-11-10-16-6-9-18(24-2)19(14-16)25-3/h4-9,14H,10-13H2,1-3H3,(H3,21,22,23). The minimum atomic E-state index is 0.415. The average molecular weight is 357 g/mol. The topological polar surface area (TPSA) is 78.1 Å². The average Bonchev–Trinajstić information content (AvgIpc) is 2.66. The molecule has 0 aromatic heterocycles. The molecule has 0 radical (unpaired) electrons. The zero-order valence-electron chi connectivity index (χ0n) is 15.6. The Kier molecular flexibility index (Phi) is 7.61. The van der Waals surface area contributed by atoms with Crippen LogP contribution in [0, 0.1) is 6.92 Å². The fraction of sp³-hybridized carbons (Fsp3) is 0.350. The maximum absolute atomic E-state index is 5.88. The smallest absolute Gasteiger partial charge is 0.188 e. The first-order valence-corrected chi connectivity index (χ1v) is 8.56. The van der Waals surface area contributed by atoms with Crippen LogP contribution < -0.4 is 25.3 Å². The van der Waals surface area contributed by atoms with Crippen LogP contribution in [0.4, 0.5) is 0 Å². The van der Waals surface area contributed by atoms with Crippen LogP contribution in [0.2, 0.25) is 0 Å². The Morgan fingerprint density at radius 1 is 1.04 bits per heavy atom. The molecule has 140 valence electrons. The van der Waals surface area contributed by atoms with Gasteiger partial charge in [-0.15, -0.1) is 0 Å². The molecule has 0 unspecified atom stereocenters. The molecule has 26 heavy (non-hydrogen) atoms. The molecule has 0 spiro atoms. The lowest BCUT2D eigenvalue weighted by molar-refractivity contribution is 0.322. The van der Waals surface area contributed by atoms with E-state index in [1.165, 1.54) is 5.56 Å². The molecular weight excluding hydrogens is 330 g/mol. The summed E-state index contributed by atoms with van der Waals surface area (Å²) in [6.45, 7) is 3.76. The van der Waals surface area contributed by atoms with E-state index in [0.29, 0.717) is 31.4 Å². The second-order valence-electron chi connectivity index (χ2n) is 5.79. The maximum atomic E-state index is 5.88. The fourth-order valence-electron chi connectivity index (χ4n) is 2.38. The third-order valence-electron chi connectivity index (χ3n) is 3.83. The van der Waals surface area contributed by atoms with Crippen LogP contribution in [-0.4, -0.2) is 39.9 Å². The van der Waals surface area contributed by atoms with Gasteiger partial charge in [-0.1, -0.05) is 23.8 Å². The molecule has 6 nitrogen and oxygen atoms in total. The van der Waals surface area contributed by atoms with Gasteiger partial charge in [-0.3, -0.25) is 4.99 Å². The van der Waals surface area contributed by atoms with Gasteiger partial charge in [-0.25, -0.2) is 0 Å². The number of nitrogens with two attached hydrogens (primary N) is 1. The fourth-order valence-corrected chi connectivity index (χ4v) is 2.38. The van der Waals surface area contributed by atoms with Crippen LogP contribution in [0.5, 0.6) is 17.2 Å². The van der Waals surface area contributed by atoms with Crippen molar-refractivity contribution in [1.29, 1.82) is 0 Å². The number of hydrogen-bond donors (Lipinski definition) is 2. The van der Waals surface area contributed by atoms with Gasteiger partial charge in [0, 0.05) is 6.54 Å². The summed E-state index contributed by atoms with van der Waals surface area (Å²) < 4.78 is 16.2. The first kappa shape index (κ1) is 19.4. The van der Waals surface area contributed by atoms with Crippen LogP contribution >= 0.6 is 0 Å². The van der Waals surface area contributed by atoms with Gasteiger partial charge in [0.2, 0.25) is 0 Å². The lowest BCUT2D eigenvalue weighted by Crippen LogP contribution is -2.34. The molecule has 0 fully saturated rings. The highest BCUT2D eigenvalue weighted by Gasteiger charge is 2.04. The molecule has 0 atom stereocenters. The third kappa shape index (κ3) is 6.20. The molecule has 0 aliphatic heterocycles. The first-order valence-electron chi connectivity index (χ1n) is 8.56. The van der Waals surface area contributed by atoms with E-state index in [2.05, 4.69) is 10.3 Å². The van der Waals surface area contributed by atoms with Gasteiger partial charge < -0.3 is 25.3 Å². The number of rotatable bonds is 9. The normalized spacial score (nSPS) is 11.1. The minimum Gasteiger partial charge on any atom is -0.493 e. The lowest BCUT2D eigenvalue weighted by atomic mass is 10.1. The van der Waals surface area contributed by atoms with E-state index in [1.54, 1.807) is 14.2 Å². The van der Waals surface area contributed by atoms with Gasteiger partial charge in [-0.05, 0) is 43.2 Å². The summed E-state index contributed by atoms with van der Waals surface area (Å²) in [5, 5.41) is 3.05. The summed E-state index contributed by atoms with van der Waals surface area (Å²) in [4.78, 5) is 4.33. The molecule has 0 amide bonds. The molecular formula is C20H27N3O3. The van der Waals surface area contributed by atoms with Gasteiger partial charge in [0.1, 0.15) is 12.4 Å². The lowest BCUT2D eigenvalue weighted by Gasteiger charge is -2.10.